The van der Waals surface area contributed by atoms with Crippen LogP contribution in [0.5, 0.6) is 11.6 Å². The largest absolute Gasteiger partial charge is 0.492 e. The summed E-state index contributed by atoms with van der Waals surface area (Å²) >= 11 is 1.02. The van der Waals surface area contributed by atoms with E-state index in [1.807, 2.05) is 48.3 Å². The number of carboxylic acids is 1. The number of pyridine rings is 1. The van der Waals surface area contributed by atoms with Crippen molar-refractivity contribution in [1.82, 2.24) is 10.3 Å². The maximum Gasteiger partial charge on any atom is 0.335 e. The molecule has 4 aromatic rings. The molecule has 12 heteroatoms. The molecule has 288 valence electrons. The first-order valence-electron chi connectivity index (χ1n) is 18.4. The number of carboxylic acid groups (broad SMARTS) is 1. The lowest BCUT2D eigenvalue weighted by Gasteiger charge is -2.42. The fraction of sp³-hybridized carbons (Fsp3) is 0.372. The Morgan fingerprint density at radius 3 is 2.24 bits per heavy atom. The van der Waals surface area contributed by atoms with Gasteiger partial charge in [0.2, 0.25) is 11.8 Å². The van der Waals surface area contributed by atoms with Crippen molar-refractivity contribution in [1.29, 1.82) is 0 Å². The number of aromatic nitrogens is 1. The molecule has 1 aliphatic carbocycles. The standard InChI is InChI=1S/C43H48N4O7S/c1-27-24-33-34(43(4,5)19-18-42(33,2)3)26-32(27)38(29-12-14-30(15-13-29)40(49)50)46-54-23-22-53-37-9-7-8-36(44-37)47(6)20-21-52-31-16-10-28(11-17-31)25-35-39(48)45-41(51)55-35/h7-17,24,26,35H,18-23,25H2,1-6H3,(H,49,50)(H,45,48,51)/b46-38-. The smallest absolute Gasteiger partial charge is 0.335 e. The summed E-state index contributed by atoms with van der Waals surface area (Å²) in [6, 6.07) is 24.3. The second kappa shape index (κ2) is 16.6. The first-order chi connectivity index (χ1) is 26.2. The molecule has 2 heterocycles. The van der Waals surface area contributed by atoms with Crippen molar-refractivity contribution in [2.75, 3.05) is 38.3 Å². The molecule has 0 saturated carbocycles. The summed E-state index contributed by atoms with van der Waals surface area (Å²) in [5, 5.41) is 15.7. The number of hydrogen-bond acceptors (Lipinski definition) is 10. The third-order valence-corrected chi connectivity index (χ3v) is 11.3. The maximum absolute atomic E-state index is 11.9. The van der Waals surface area contributed by atoms with Gasteiger partial charge in [-0.1, -0.05) is 81.0 Å². The molecule has 2 N–H and O–H groups in total. The SMILES string of the molecule is Cc1cc2c(cc1/C(=N\OCCOc1cccc(N(C)CCOc3ccc(CC4SC(=O)NC4=O)cc3)n1)c1ccc(C(=O)O)cc1)C(C)(C)CCC2(C)C. The van der Waals surface area contributed by atoms with Crippen molar-refractivity contribution < 1.29 is 33.8 Å². The summed E-state index contributed by atoms with van der Waals surface area (Å²) in [7, 11) is 1.93. The van der Waals surface area contributed by atoms with E-state index in [1.165, 1.54) is 11.1 Å². The fourth-order valence-corrected chi connectivity index (χ4v) is 7.73. The van der Waals surface area contributed by atoms with Crippen molar-refractivity contribution in [3.8, 4) is 11.6 Å². The molecule has 1 unspecified atom stereocenters. The number of amides is 2. The Kier molecular flexibility index (Phi) is 11.8. The molecule has 1 atom stereocenters. The Balaban J connectivity index is 1.06. The number of imide groups is 1. The molecule has 1 aromatic heterocycles. The van der Waals surface area contributed by atoms with Crippen LogP contribution in [0.4, 0.5) is 10.6 Å². The van der Waals surface area contributed by atoms with E-state index in [4.69, 9.17) is 14.3 Å². The second-order valence-corrected chi connectivity index (χ2v) is 16.5. The van der Waals surface area contributed by atoms with Crippen LogP contribution in [-0.4, -0.2) is 71.6 Å². The van der Waals surface area contributed by atoms with Gasteiger partial charge >= 0.3 is 5.97 Å². The zero-order chi connectivity index (χ0) is 39.3. The van der Waals surface area contributed by atoms with Crippen LogP contribution in [0.3, 0.4) is 0 Å². The highest BCUT2D eigenvalue weighted by molar-refractivity contribution is 8.15. The average molecular weight is 765 g/mol. The molecule has 11 nitrogen and oxygen atoms in total. The van der Waals surface area contributed by atoms with Crippen LogP contribution in [-0.2, 0) is 26.9 Å². The number of oxime groups is 1. The maximum atomic E-state index is 11.9. The number of nitrogens with one attached hydrogen (secondary N) is 1. The van der Waals surface area contributed by atoms with Gasteiger partial charge in [0.25, 0.3) is 5.24 Å². The van der Waals surface area contributed by atoms with Crippen LogP contribution < -0.4 is 19.7 Å². The number of aryl methyl sites for hydroxylation is 1. The quantitative estimate of drug-likeness (QED) is 0.0704. The topological polar surface area (TPSA) is 140 Å². The van der Waals surface area contributed by atoms with E-state index in [-0.39, 0.29) is 40.8 Å². The van der Waals surface area contributed by atoms with Crippen LogP contribution >= 0.6 is 11.8 Å². The van der Waals surface area contributed by atoms with Gasteiger partial charge in [-0.25, -0.2) is 4.79 Å². The van der Waals surface area contributed by atoms with Crippen molar-refractivity contribution in [2.45, 2.75) is 70.0 Å². The molecule has 55 heavy (non-hydrogen) atoms. The van der Waals surface area contributed by atoms with Gasteiger partial charge in [-0.2, -0.15) is 4.98 Å². The number of carbonyl (C=O) groups is 3. The Bertz CT molecular complexity index is 2080. The van der Waals surface area contributed by atoms with Gasteiger partial charge in [-0.15, -0.1) is 0 Å². The van der Waals surface area contributed by atoms with Gasteiger partial charge in [-0.05, 0) is 95.7 Å². The summed E-state index contributed by atoms with van der Waals surface area (Å²) in [5.74, 6) is 0.643. The molecule has 0 bridgehead atoms. The minimum absolute atomic E-state index is 0.00338. The summed E-state index contributed by atoms with van der Waals surface area (Å²) < 4.78 is 11.9. The molecule has 1 aliphatic heterocycles. The van der Waals surface area contributed by atoms with E-state index >= 15 is 0 Å². The van der Waals surface area contributed by atoms with E-state index in [0.717, 1.165) is 52.7 Å². The molecule has 1 saturated heterocycles. The lowest BCUT2D eigenvalue weighted by Crippen LogP contribution is -2.34. The van der Waals surface area contributed by atoms with Gasteiger partial charge in [0.1, 0.15) is 30.5 Å². The van der Waals surface area contributed by atoms with E-state index in [0.29, 0.717) is 36.9 Å². The zero-order valence-corrected chi connectivity index (χ0v) is 33.0. The van der Waals surface area contributed by atoms with Crippen molar-refractivity contribution in [2.24, 2.45) is 5.16 Å². The number of carbonyl (C=O) groups excluding carboxylic acids is 2. The third-order valence-electron chi connectivity index (χ3n) is 10.3. The van der Waals surface area contributed by atoms with E-state index in [2.05, 4.69) is 62.2 Å². The van der Waals surface area contributed by atoms with Crippen LogP contribution in [0.1, 0.15) is 84.3 Å². The predicted octanol–water partition coefficient (Wildman–Crippen LogP) is 7.69. The number of ether oxygens (including phenoxy) is 2. The fourth-order valence-electron chi connectivity index (χ4n) is 6.87. The molecule has 2 amide bonds. The predicted molar refractivity (Wildman–Crippen MR) is 215 cm³/mol. The van der Waals surface area contributed by atoms with Crippen molar-refractivity contribution in [3.05, 3.63) is 118 Å². The highest BCUT2D eigenvalue weighted by Gasteiger charge is 2.38. The van der Waals surface area contributed by atoms with Crippen LogP contribution in [0.25, 0.3) is 0 Å². The molecular weight excluding hydrogens is 717 g/mol. The number of aromatic carboxylic acids is 1. The third kappa shape index (κ3) is 9.48. The van der Waals surface area contributed by atoms with Gasteiger partial charge in [0.15, 0.2) is 6.61 Å². The number of fused-ring (bicyclic) bond motifs is 1. The Morgan fingerprint density at radius 1 is 0.909 bits per heavy atom. The zero-order valence-electron chi connectivity index (χ0n) is 32.2. The average Bonchev–Trinajstić information content (AvgIpc) is 3.48. The normalized spacial score (nSPS) is 17.3. The van der Waals surface area contributed by atoms with E-state index in [1.54, 1.807) is 30.3 Å². The van der Waals surface area contributed by atoms with Gasteiger partial charge in [0, 0.05) is 24.2 Å². The number of hydrogen-bond donors (Lipinski definition) is 2. The van der Waals surface area contributed by atoms with Gasteiger partial charge < -0.3 is 24.3 Å². The summed E-state index contributed by atoms with van der Waals surface area (Å²) in [6.07, 6.45) is 2.67. The Labute approximate surface area is 326 Å². The number of rotatable bonds is 15. The van der Waals surface area contributed by atoms with Crippen molar-refractivity contribution in [3.63, 3.8) is 0 Å². The lowest BCUT2D eigenvalue weighted by atomic mass is 9.62. The molecule has 1 fully saturated rings. The minimum Gasteiger partial charge on any atom is -0.492 e. The molecule has 2 aliphatic rings. The highest BCUT2D eigenvalue weighted by atomic mass is 32.2. The monoisotopic (exact) mass is 764 g/mol. The Morgan fingerprint density at radius 2 is 1.58 bits per heavy atom. The van der Waals surface area contributed by atoms with Crippen molar-refractivity contribution >= 4 is 40.4 Å². The summed E-state index contributed by atoms with van der Waals surface area (Å²) in [6.45, 7) is 12.6. The molecule has 3 aromatic carbocycles. The van der Waals surface area contributed by atoms with Crippen LogP contribution in [0, 0.1) is 6.92 Å². The molecule has 0 radical (unpaired) electrons. The first-order valence-corrected chi connectivity index (χ1v) is 19.3. The molecular formula is C43H48N4O7S. The highest BCUT2D eigenvalue weighted by Crippen LogP contribution is 2.46. The van der Waals surface area contributed by atoms with Gasteiger partial charge in [0.05, 0.1) is 17.4 Å². The number of likely N-dealkylation sites (N-methyl/N-ethyl adjacent to an activating group) is 1. The first kappa shape index (κ1) is 39.3. The molecule has 6 rings (SSSR count). The number of benzene rings is 3. The number of nitrogens with zero attached hydrogens (tertiary/aromatic N) is 3. The summed E-state index contributed by atoms with van der Waals surface area (Å²) in [4.78, 5) is 47.4. The van der Waals surface area contributed by atoms with E-state index < -0.39 is 11.2 Å². The Hall–Kier alpha value is -5.36. The summed E-state index contributed by atoms with van der Waals surface area (Å²) in [5.41, 5.74) is 7.27. The van der Waals surface area contributed by atoms with Crippen LogP contribution in [0.2, 0.25) is 0 Å². The molecule has 0 spiro atoms. The van der Waals surface area contributed by atoms with Gasteiger partial charge in [-0.3, -0.25) is 14.9 Å². The van der Waals surface area contributed by atoms with E-state index in [9.17, 15) is 19.5 Å². The van der Waals surface area contributed by atoms with Crippen LogP contribution in [0.15, 0.2) is 84.0 Å². The second-order valence-electron chi connectivity index (χ2n) is 15.3. The number of anilines is 1. The minimum atomic E-state index is -0.986. The lowest BCUT2D eigenvalue weighted by molar-refractivity contribution is -0.118. The number of thioether (sulfide) groups is 1.